The number of anilines is 1. The van der Waals surface area contributed by atoms with Crippen molar-refractivity contribution in [3.63, 3.8) is 0 Å². The summed E-state index contributed by atoms with van der Waals surface area (Å²) in [5, 5.41) is 5.34. The van der Waals surface area contributed by atoms with E-state index in [0.29, 0.717) is 41.2 Å². The number of hydrogen-bond acceptors (Lipinski definition) is 6. The number of carbonyl (C=O) groups excluding carboxylic acids is 2. The topological polar surface area (TPSA) is 94.5 Å². The average molecular weight is 428 g/mol. The number of nitrogens with zero attached hydrogens (tertiary/aromatic N) is 2. The minimum Gasteiger partial charge on any atom is -0.486 e. The third-order valence-electron chi connectivity index (χ3n) is 4.08. The molecule has 0 aliphatic carbocycles. The molecule has 4 rings (SSSR count). The fourth-order valence-electron chi connectivity index (χ4n) is 2.80. The molecule has 154 valence electrons. The van der Waals surface area contributed by atoms with Crippen molar-refractivity contribution in [2.75, 3.05) is 24.3 Å². The predicted octanol–water partition coefficient (Wildman–Crippen LogP) is 3.22. The van der Waals surface area contributed by atoms with Gasteiger partial charge in [0.2, 0.25) is 5.91 Å². The predicted molar refractivity (Wildman–Crippen MR) is 109 cm³/mol. The third-order valence-corrected chi connectivity index (χ3v) is 5.05. The van der Waals surface area contributed by atoms with Crippen molar-refractivity contribution in [2.45, 2.75) is 5.16 Å². The third kappa shape index (κ3) is 4.71. The van der Waals surface area contributed by atoms with E-state index in [1.54, 1.807) is 47.3 Å². The second-order valence-electron chi connectivity index (χ2n) is 6.21. The molecule has 2 N–H and O–H groups in total. The highest BCUT2D eigenvalue weighted by Gasteiger charge is 2.15. The maximum atomic E-state index is 13.5. The molecule has 3 aromatic rings. The smallest absolute Gasteiger partial charge is 0.325 e. The number of thioether (sulfide) groups is 1. The van der Waals surface area contributed by atoms with Crippen molar-refractivity contribution in [1.29, 1.82) is 0 Å². The Morgan fingerprint density at radius 2 is 1.97 bits per heavy atom. The van der Waals surface area contributed by atoms with E-state index in [2.05, 4.69) is 15.6 Å². The first-order valence-corrected chi connectivity index (χ1v) is 9.99. The van der Waals surface area contributed by atoms with Crippen LogP contribution in [-0.2, 0) is 4.79 Å². The van der Waals surface area contributed by atoms with Gasteiger partial charge >= 0.3 is 6.03 Å². The zero-order valence-corrected chi connectivity index (χ0v) is 16.4. The van der Waals surface area contributed by atoms with Gasteiger partial charge in [-0.05, 0) is 30.3 Å². The van der Waals surface area contributed by atoms with Crippen LogP contribution in [0.25, 0.3) is 5.69 Å². The van der Waals surface area contributed by atoms with Gasteiger partial charge in [0.05, 0.1) is 11.4 Å². The molecule has 30 heavy (non-hydrogen) atoms. The number of halogens is 1. The molecule has 2 heterocycles. The number of hydrogen-bond donors (Lipinski definition) is 2. The molecule has 0 saturated carbocycles. The van der Waals surface area contributed by atoms with Crippen LogP contribution in [0.15, 0.2) is 60.0 Å². The zero-order valence-electron chi connectivity index (χ0n) is 15.6. The summed E-state index contributed by atoms with van der Waals surface area (Å²) in [5.41, 5.74) is 1.06. The number of carbonyl (C=O) groups is 2. The van der Waals surface area contributed by atoms with Gasteiger partial charge in [-0.25, -0.2) is 14.2 Å². The molecule has 0 fully saturated rings. The molecule has 0 unspecified atom stereocenters. The Labute approximate surface area is 175 Å². The van der Waals surface area contributed by atoms with E-state index in [-0.39, 0.29) is 11.6 Å². The lowest BCUT2D eigenvalue weighted by atomic mass is 10.2. The van der Waals surface area contributed by atoms with Crippen molar-refractivity contribution in [2.24, 2.45) is 0 Å². The van der Waals surface area contributed by atoms with Crippen molar-refractivity contribution >= 4 is 29.4 Å². The van der Waals surface area contributed by atoms with Gasteiger partial charge in [-0.1, -0.05) is 17.8 Å². The number of amides is 3. The SMILES string of the molecule is O=C(CSc1nccn1-c1cccc(F)c1)NC(=O)Nc1ccc2c(c1)OCCO2. The van der Waals surface area contributed by atoms with Gasteiger partial charge in [0.15, 0.2) is 16.7 Å². The zero-order chi connectivity index (χ0) is 20.9. The quantitative estimate of drug-likeness (QED) is 0.606. The molecule has 0 bridgehead atoms. The van der Waals surface area contributed by atoms with Crippen LogP contribution in [0.1, 0.15) is 0 Å². The molecule has 3 amide bonds. The number of aromatic nitrogens is 2. The lowest BCUT2D eigenvalue weighted by Gasteiger charge is -2.19. The number of rotatable bonds is 5. The van der Waals surface area contributed by atoms with Crippen LogP contribution in [-0.4, -0.2) is 40.5 Å². The molecule has 1 aliphatic heterocycles. The van der Waals surface area contributed by atoms with Gasteiger partial charge in [-0.3, -0.25) is 14.7 Å². The number of fused-ring (bicyclic) bond motifs is 1. The Hall–Kier alpha value is -3.53. The monoisotopic (exact) mass is 428 g/mol. The van der Waals surface area contributed by atoms with E-state index in [1.165, 1.54) is 12.1 Å². The summed E-state index contributed by atoms with van der Waals surface area (Å²) in [6.45, 7) is 0.910. The van der Waals surface area contributed by atoms with E-state index >= 15 is 0 Å². The van der Waals surface area contributed by atoms with E-state index in [9.17, 15) is 14.0 Å². The molecule has 0 radical (unpaired) electrons. The average Bonchev–Trinajstić information content (AvgIpc) is 3.21. The Morgan fingerprint density at radius 3 is 2.80 bits per heavy atom. The maximum absolute atomic E-state index is 13.5. The van der Waals surface area contributed by atoms with Crippen LogP contribution in [0.4, 0.5) is 14.9 Å². The van der Waals surface area contributed by atoms with Crippen molar-refractivity contribution in [3.8, 4) is 17.2 Å². The molecular formula is C20H17FN4O4S. The molecule has 1 aliphatic rings. The second kappa shape index (κ2) is 8.87. The van der Waals surface area contributed by atoms with Crippen LogP contribution in [0.2, 0.25) is 0 Å². The highest BCUT2D eigenvalue weighted by Crippen LogP contribution is 2.32. The molecule has 0 spiro atoms. The van der Waals surface area contributed by atoms with Crippen LogP contribution in [0.5, 0.6) is 11.5 Å². The van der Waals surface area contributed by atoms with Crippen LogP contribution in [0, 0.1) is 5.82 Å². The van der Waals surface area contributed by atoms with Gasteiger partial charge in [0.25, 0.3) is 0 Å². The summed E-state index contributed by atoms with van der Waals surface area (Å²) in [5.74, 6) is 0.231. The molecule has 0 atom stereocenters. The van der Waals surface area contributed by atoms with Gasteiger partial charge in [-0.2, -0.15) is 0 Å². The minimum atomic E-state index is -0.661. The first kappa shape index (κ1) is 19.8. The van der Waals surface area contributed by atoms with Crippen LogP contribution < -0.4 is 20.1 Å². The number of imidazole rings is 1. The maximum Gasteiger partial charge on any atom is 0.325 e. The first-order chi connectivity index (χ1) is 14.6. The lowest BCUT2D eigenvalue weighted by Crippen LogP contribution is -2.35. The first-order valence-electron chi connectivity index (χ1n) is 9.01. The van der Waals surface area contributed by atoms with E-state index < -0.39 is 11.9 Å². The number of nitrogens with one attached hydrogen (secondary N) is 2. The number of ether oxygens (including phenoxy) is 2. The van der Waals surface area contributed by atoms with Gasteiger partial charge in [-0.15, -0.1) is 0 Å². The van der Waals surface area contributed by atoms with E-state index in [4.69, 9.17) is 9.47 Å². The van der Waals surface area contributed by atoms with E-state index in [0.717, 1.165) is 11.8 Å². The molecular weight excluding hydrogens is 411 g/mol. The Balaban J connectivity index is 1.31. The van der Waals surface area contributed by atoms with E-state index in [1.807, 2.05) is 0 Å². The molecule has 2 aromatic carbocycles. The number of urea groups is 1. The highest BCUT2D eigenvalue weighted by atomic mass is 32.2. The summed E-state index contributed by atoms with van der Waals surface area (Å²) in [4.78, 5) is 28.4. The van der Waals surface area contributed by atoms with Crippen molar-refractivity contribution in [3.05, 3.63) is 60.7 Å². The molecule has 10 heteroatoms. The summed E-state index contributed by atoms with van der Waals surface area (Å²) < 4.78 is 26.0. The summed E-state index contributed by atoms with van der Waals surface area (Å²) in [7, 11) is 0. The number of imide groups is 1. The van der Waals surface area contributed by atoms with Gasteiger partial charge in [0, 0.05) is 24.1 Å². The Kier molecular flexibility index (Phi) is 5.84. The van der Waals surface area contributed by atoms with Gasteiger partial charge in [0.1, 0.15) is 19.0 Å². The van der Waals surface area contributed by atoms with Crippen LogP contribution in [0.3, 0.4) is 0 Å². The van der Waals surface area contributed by atoms with Crippen molar-refractivity contribution < 1.29 is 23.5 Å². The Morgan fingerprint density at radius 1 is 1.13 bits per heavy atom. The van der Waals surface area contributed by atoms with Crippen molar-refractivity contribution in [1.82, 2.24) is 14.9 Å². The molecule has 1 aromatic heterocycles. The fourth-order valence-corrected chi connectivity index (χ4v) is 3.57. The normalized spacial score (nSPS) is 12.3. The molecule has 0 saturated heterocycles. The van der Waals surface area contributed by atoms with Crippen LogP contribution >= 0.6 is 11.8 Å². The minimum absolute atomic E-state index is 0.0408. The summed E-state index contributed by atoms with van der Waals surface area (Å²) >= 11 is 1.13. The fraction of sp³-hybridized carbons (Fsp3) is 0.150. The summed E-state index contributed by atoms with van der Waals surface area (Å²) in [6.07, 6.45) is 3.23. The second-order valence-corrected chi connectivity index (χ2v) is 7.15. The van der Waals surface area contributed by atoms with Gasteiger partial charge < -0.3 is 14.8 Å². The largest absolute Gasteiger partial charge is 0.486 e. The summed E-state index contributed by atoms with van der Waals surface area (Å²) in [6, 6.07) is 10.3. The number of benzene rings is 2. The lowest BCUT2D eigenvalue weighted by molar-refractivity contribution is -0.117. The standard InChI is InChI=1S/C20H17FN4O4S/c21-13-2-1-3-15(10-13)25-7-6-22-20(25)30-12-18(26)24-19(27)23-14-4-5-16-17(11-14)29-9-8-28-16/h1-7,10-11H,8-9,12H2,(H2,23,24,26,27). The Bertz CT molecular complexity index is 1090. The highest BCUT2D eigenvalue weighted by molar-refractivity contribution is 7.99. The molecule has 8 nitrogen and oxygen atoms in total.